The SMILES string of the molecule is O=C(OCCOCCOCCOCCOCCOCCOCCN1C(=O)C=CC1=O)c1ccccc1Nc1cccc(C(F)(F)F)c1. The molecule has 2 aromatic carbocycles. The van der Waals surface area contributed by atoms with Gasteiger partial charge in [0.2, 0.25) is 0 Å². The molecule has 0 radical (unpaired) electrons. The van der Waals surface area contributed by atoms with E-state index in [2.05, 4.69) is 5.32 Å². The standard InChI is InChI=1S/C32H39F3N2O10/c33-32(34,35)25-4-3-5-26(24-25)36-28-7-2-1-6-27(28)31(40)47-23-22-46-21-20-45-19-18-44-17-16-43-15-14-42-13-12-41-11-10-37-29(38)8-9-30(37)39/h1-9,24,36H,10-23H2. The number of benzene rings is 2. The summed E-state index contributed by atoms with van der Waals surface area (Å²) in [6.07, 6.45) is -2.01. The molecule has 0 unspecified atom stereocenters. The molecule has 1 N–H and O–H groups in total. The molecule has 1 aliphatic heterocycles. The van der Waals surface area contributed by atoms with Gasteiger partial charge >= 0.3 is 12.1 Å². The van der Waals surface area contributed by atoms with E-state index < -0.39 is 17.7 Å². The van der Waals surface area contributed by atoms with Gasteiger partial charge in [-0.05, 0) is 30.3 Å². The highest BCUT2D eigenvalue weighted by Gasteiger charge is 2.30. The normalized spacial score (nSPS) is 13.0. The number of halogens is 3. The van der Waals surface area contributed by atoms with E-state index in [1.54, 1.807) is 18.2 Å². The first-order chi connectivity index (χ1) is 22.8. The predicted molar refractivity (Wildman–Crippen MR) is 162 cm³/mol. The number of ether oxygens (including phenoxy) is 7. The quantitative estimate of drug-likeness (QED) is 0.100. The molecule has 0 atom stereocenters. The van der Waals surface area contributed by atoms with Crippen molar-refractivity contribution in [3.05, 3.63) is 71.8 Å². The van der Waals surface area contributed by atoms with Crippen LogP contribution in [0.15, 0.2) is 60.7 Å². The summed E-state index contributed by atoms with van der Waals surface area (Å²) in [5, 5.41) is 2.85. The average molecular weight is 669 g/mol. The molecule has 47 heavy (non-hydrogen) atoms. The van der Waals surface area contributed by atoms with Gasteiger partial charge in [-0.2, -0.15) is 13.2 Å². The van der Waals surface area contributed by atoms with Crippen LogP contribution in [-0.2, 0) is 48.9 Å². The lowest BCUT2D eigenvalue weighted by atomic mass is 10.1. The molecule has 3 rings (SSSR count). The summed E-state index contributed by atoms with van der Waals surface area (Å²) in [6.45, 7) is 4.26. The number of hydrogen-bond donors (Lipinski definition) is 1. The highest BCUT2D eigenvalue weighted by Crippen LogP contribution is 2.32. The van der Waals surface area contributed by atoms with Gasteiger partial charge in [-0.25, -0.2) is 4.79 Å². The number of carbonyl (C=O) groups excluding carboxylic acids is 3. The Labute approximate surface area is 270 Å². The third-order valence-corrected chi connectivity index (χ3v) is 6.30. The number of carbonyl (C=O) groups is 3. The highest BCUT2D eigenvalue weighted by molar-refractivity contribution is 6.12. The molecule has 1 heterocycles. The summed E-state index contributed by atoms with van der Waals surface area (Å²) in [6, 6.07) is 11.1. The third-order valence-electron chi connectivity index (χ3n) is 6.30. The number of amides is 2. The largest absolute Gasteiger partial charge is 0.460 e. The first kappa shape index (κ1) is 37.6. The van der Waals surface area contributed by atoms with E-state index >= 15 is 0 Å². The zero-order valence-corrected chi connectivity index (χ0v) is 25.8. The maximum atomic E-state index is 13.0. The van der Waals surface area contributed by atoms with Gasteiger partial charge in [-0.3, -0.25) is 14.5 Å². The van der Waals surface area contributed by atoms with Crippen LogP contribution < -0.4 is 5.32 Å². The van der Waals surface area contributed by atoms with Gasteiger partial charge in [0.15, 0.2) is 0 Å². The topological polar surface area (TPSA) is 131 Å². The Hall–Kier alpha value is -3.86. The van der Waals surface area contributed by atoms with Gasteiger partial charge in [0.05, 0.1) is 103 Å². The number of para-hydroxylation sites is 1. The molecule has 2 amide bonds. The summed E-state index contributed by atoms with van der Waals surface area (Å²) in [4.78, 5) is 36.5. The van der Waals surface area contributed by atoms with Crippen molar-refractivity contribution in [2.75, 3.05) is 97.8 Å². The maximum Gasteiger partial charge on any atom is 0.416 e. The van der Waals surface area contributed by atoms with Crippen LogP contribution in [0.1, 0.15) is 15.9 Å². The number of alkyl halides is 3. The molecule has 0 spiro atoms. The van der Waals surface area contributed by atoms with Crippen molar-refractivity contribution in [3.8, 4) is 0 Å². The van der Waals surface area contributed by atoms with Gasteiger partial charge < -0.3 is 38.5 Å². The van der Waals surface area contributed by atoms with Crippen LogP contribution in [0, 0.1) is 0 Å². The van der Waals surface area contributed by atoms with Crippen molar-refractivity contribution < 1.29 is 60.7 Å². The van der Waals surface area contributed by atoms with E-state index in [-0.39, 0.29) is 56.0 Å². The van der Waals surface area contributed by atoms with E-state index in [0.29, 0.717) is 65.1 Å². The zero-order valence-electron chi connectivity index (χ0n) is 25.8. The minimum atomic E-state index is -4.48. The average Bonchev–Trinajstić information content (AvgIpc) is 3.37. The minimum absolute atomic E-state index is 0.0120. The molecular weight excluding hydrogens is 629 g/mol. The Bertz CT molecular complexity index is 1270. The van der Waals surface area contributed by atoms with Crippen LogP contribution in [0.2, 0.25) is 0 Å². The van der Waals surface area contributed by atoms with Crippen molar-refractivity contribution in [3.63, 3.8) is 0 Å². The number of anilines is 2. The minimum Gasteiger partial charge on any atom is -0.460 e. The lowest BCUT2D eigenvalue weighted by molar-refractivity contribution is -0.138. The summed E-state index contributed by atoms with van der Waals surface area (Å²) in [7, 11) is 0. The van der Waals surface area contributed by atoms with E-state index in [4.69, 9.17) is 33.2 Å². The van der Waals surface area contributed by atoms with Gasteiger partial charge in [-0.1, -0.05) is 18.2 Å². The Morgan fingerprint density at radius 2 is 1.13 bits per heavy atom. The van der Waals surface area contributed by atoms with Crippen molar-refractivity contribution in [2.45, 2.75) is 6.18 Å². The number of rotatable bonds is 24. The van der Waals surface area contributed by atoms with E-state index in [1.165, 1.54) is 30.4 Å². The number of hydrogen-bond acceptors (Lipinski definition) is 11. The van der Waals surface area contributed by atoms with Crippen molar-refractivity contribution in [2.24, 2.45) is 0 Å². The Morgan fingerprint density at radius 3 is 1.66 bits per heavy atom. The van der Waals surface area contributed by atoms with Gasteiger partial charge in [-0.15, -0.1) is 0 Å². The second kappa shape index (κ2) is 21.1. The van der Waals surface area contributed by atoms with Crippen LogP contribution in [0.3, 0.4) is 0 Å². The smallest absolute Gasteiger partial charge is 0.416 e. The fourth-order valence-corrected chi connectivity index (χ4v) is 3.98. The van der Waals surface area contributed by atoms with Gasteiger partial charge in [0, 0.05) is 17.8 Å². The highest BCUT2D eigenvalue weighted by atomic mass is 19.4. The zero-order chi connectivity index (χ0) is 33.7. The van der Waals surface area contributed by atoms with E-state index in [9.17, 15) is 27.6 Å². The van der Waals surface area contributed by atoms with Gasteiger partial charge in [0.25, 0.3) is 11.8 Å². The Kier molecular flexibility index (Phi) is 16.9. The summed E-state index contributed by atoms with van der Waals surface area (Å²) >= 11 is 0. The maximum absolute atomic E-state index is 13.0. The predicted octanol–water partition coefficient (Wildman–Crippen LogP) is 3.63. The lowest BCUT2D eigenvalue weighted by Gasteiger charge is -2.13. The van der Waals surface area contributed by atoms with E-state index in [1.807, 2.05) is 0 Å². The Morgan fingerprint density at radius 1 is 0.638 bits per heavy atom. The summed E-state index contributed by atoms with van der Waals surface area (Å²) in [5.41, 5.74) is -0.120. The first-order valence-electron chi connectivity index (χ1n) is 15.0. The van der Waals surface area contributed by atoms with Crippen LogP contribution in [0.5, 0.6) is 0 Å². The number of nitrogens with zero attached hydrogens (tertiary/aromatic N) is 1. The van der Waals surface area contributed by atoms with Crippen LogP contribution in [0.4, 0.5) is 24.5 Å². The van der Waals surface area contributed by atoms with Crippen LogP contribution in [0.25, 0.3) is 0 Å². The van der Waals surface area contributed by atoms with E-state index in [0.717, 1.165) is 17.0 Å². The van der Waals surface area contributed by atoms with Crippen LogP contribution >= 0.6 is 0 Å². The molecule has 0 bridgehead atoms. The summed E-state index contributed by atoms with van der Waals surface area (Å²) < 4.78 is 76.7. The number of esters is 1. The number of imide groups is 1. The fourth-order valence-electron chi connectivity index (χ4n) is 3.98. The first-order valence-corrected chi connectivity index (χ1v) is 15.0. The molecule has 1 aliphatic rings. The monoisotopic (exact) mass is 668 g/mol. The molecule has 2 aromatic rings. The van der Waals surface area contributed by atoms with Crippen LogP contribution in [-0.4, -0.2) is 115 Å². The van der Waals surface area contributed by atoms with Crippen molar-refractivity contribution in [1.29, 1.82) is 0 Å². The second-order valence-electron chi connectivity index (χ2n) is 9.72. The molecular formula is C32H39F3N2O10. The fraction of sp³-hybridized carbons (Fsp3) is 0.469. The van der Waals surface area contributed by atoms with Crippen molar-refractivity contribution in [1.82, 2.24) is 4.90 Å². The molecule has 0 aromatic heterocycles. The number of nitrogens with one attached hydrogen (secondary N) is 1. The molecule has 0 saturated heterocycles. The molecule has 0 saturated carbocycles. The van der Waals surface area contributed by atoms with Crippen molar-refractivity contribution >= 4 is 29.2 Å². The second-order valence-corrected chi connectivity index (χ2v) is 9.72. The third kappa shape index (κ3) is 14.6. The Balaban J connectivity index is 1.09. The molecule has 258 valence electrons. The molecule has 12 nitrogen and oxygen atoms in total. The lowest BCUT2D eigenvalue weighted by Crippen LogP contribution is -2.33. The summed E-state index contributed by atoms with van der Waals surface area (Å²) in [5.74, 6) is -1.30. The van der Waals surface area contributed by atoms with Gasteiger partial charge in [0.1, 0.15) is 6.61 Å². The molecule has 0 aliphatic carbocycles. The molecule has 15 heteroatoms. The molecule has 0 fully saturated rings.